The lowest BCUT2D eigenvalue weighted by molar-refractivity contribution is 0.668. The van der Waals surface area contributed by atoms with Crippen LogP contribution in [0.15, 0.2) is 210 Å². The number of benzene rings is 9. The number of furan rings is 1. The van der Waals surface area contributed by atoms with Gasteiger partial charge in [-0.15, -0.1) is 11.3 Å². The number of anilines is 1. The fourth-order valence-electron chi connectivity index (χ4n) is 9.67. The molecular weight excluding hydrogens is 763 g/mol. The molecule has 9 aromatic carbocycles. The van der Waals surface area contributed by atoms with Crippen molar-refractivity contribution in [1.82, 2.24) is 4.57 Å². The van der Waals surface area contributed by atoms with Gasteiger partial charge in [-0.2, -0.15) is 0 Å². The van der Waals surface area contributed by atoms with Gasteiger partial charge < -0.3 is 14.3 Å². The van der Waals surface area contributed by atoms with Crippen LogP contribution in [0, 0.1) is 0 Å². The Hall–Kier alpha value is -7.73. The van der Waals surface area contributed by atoms with E-state index < -0.39 is 0 Å². The van der Waals surface area contributed by atoms with Crippen LogP contribution in [-0.4, -0.2) is 10.3 Å². The van der Waals surface area contributed by atoms with E-state index in [4.69, 9.17) is 9.41 Å². The number of fused-ring (bicyclic) bond motifs is 11. The lowest BCUT2D eigenvalue weighted by atomic mass is 9.95. The number of para-hydroxylation sites is 1. The maximum Gasteiger partial charge on any atom is 0.146 e. The van der Waals surface area contributed by atoms with E-state index in [1.807, 2.05) is 0 Å². The average Bonchev–Trinajstić information content (AvgIpc) is 4.01. The summed E-state index contributed by atoms with van der Waals surface area (Å²) in [7, 11) is 0. The lowest BCUT2D eigenvalue weighted by Gasteiger charge is -2.25. The van der Waals surface area contributed by atoms with Crippen molar-refractivity contribution < 1.29 is 4.42 Å². The van der Waals surface area contributed by atoms with Crippen molar-refractivity contribution in [2.45, 2.75) is 6.17 Å². The molecule has 0 bridgehead atoms. The standard InChI is InChI=1S/C56H35N3OS/c1-3-14-34(15-4-1)35-26-28-37(29-27-35)52-55-53(42-21-10-12-25-50(42)61-55)58-56(57-52)43-22-13-24-49-51(43)46-32-38(30-31-48(46)60-49)59-47-23-11-9-19-40(47)45-33-44(36-16-5-2-6-17-36)39-18-7-8-20-41(39)54(45)59/h1-33,56,58H. The molecule has 0 saturated carbocycles. The summed E-state index contributed by atoms with van der Waals surface area (Å²) in [6, 6.07) is 71.8. The van der Waals surface area contributed by atoms with Gasteiger partial charge in [0.1, 0.15) is 17.3 Å². The van der Waals surface area contributed by atoms with Crippen LogP contribution in [0.3, 0.4) is 0 Å². The topological polar surface area (TPSA) is 42.5 Å². The fourth-order valence-corrected chi connectivity index (χ4v) is 10.9. The van der Waals surface area contributed by atoms with E-state index in [-0.39, 0.29) is 6.17 Å². The zero-order valence-electron chi connectivity index (χ0n) is 32.8. The van der Waals surface area contributed by atoms with Crippen LogP contribution in [0.2, 0.25) is 0 Å². The van der Waals surface area contributed by atoms with Gasteiger partial charge in [0.15, 0.2) is 0 Å². The molecule has 13 rings (SSSR count). The predicted molar refractivity (Wildman–Crippen MR) is 257 cm³/mol. The summed E-state index contributed by atoms with van der Waals surface area (Å²) in [6.45, 7) is 0. The summed E-state index contributed by atoms with van der Waals surface area (Å²) in [4.78, 5) is 6.75. The minimum absolute atomic E-state index is 0.351. The second-order valence-electron chi connectivity index (χ2n) is 15.9. The van der Waals surface area contributed by atoms with E-state index in [0.717, 1.165) is 55.0 Å². The summed E-state index contributed by atoms with van der Waals surface area (Å²) in [5.74, 6) is 0. The molecule has 1 N–H and O–H groups in total. The molecule has 4 heterocycles. The third kappa shape index (κ3) is 5.27. The Morgan fingerprint density at radius 1 is 0.492 bits per heavy atom. The highest BCUT2D eigenvalue weighted by Crippen LogP contribution is 2.46. The molecule has 12 aromatic rings. The maximum atomic E-state index is 6.67. The first-order valence-corrected chi connectivity index (χ1v) is 21.5. The second kappa shape index (κ2) is 13.4. The quantitative estimate of drug-likeness (QED) is 0.188. The number of hydrogen-bond acceptors (Lipinski definition) is 4. The summed E-state index contributed by atoms with van der Waals surface area (Å²) in [6.07, 6.45) is -0.351. The monoisotopic (exact) mass is 797 g/mol. The van der Waals surface area contributed by atoms with Crippen molar-refractivity contribution >= 4 is 87.3 Å². The molecule has 0 amide bonds. The molecule has 286 valence electrons. The molecule has 3 aromatic heterocycles. The normalized spacial score (nSPS) is 14.0. The van der Waals surface area contributed by atoms with Crippen LogP contribution in [0.1, 0.15) is 22.2 Å². The Labute approximate surface area is 355 Å². The number of aromatic nitrogens is 1. The maximum absolute atomic E-state index is 6.67. The molecule has 0 spiro atoms. The smallest absolute Gasteiger partial charge is 0.146 e. The van der Waals surface area contributed by atoms with Gasteiger partial charge in [0.05, 0.1) is 27.3 Å². The number of thiophene rings is 1. The number of rotatable bonds is 5. The molecule has 5 heteroatoms. The Kier molecular flexibility index (Phi) is 7.50. The largest absolute Gasteiger partial charge is 0.456 e. The van der Waals surface area contributed by atoms with E-state index in [1.165, 1.54) is 64.9 Å². The SMILES string of the molecule is c1ccc(-c2ccc(C3=NC(c4cccc5oc6ccc(-n7c8ccccc8c8cc(-c9ccccc9)c9ccccc9c87)cc6c45)Nc4c3sc3ccccc43)cc2)cc1. The lowest BCUT2D eigenvalue weighted by Crippen LogP contribution is -2.19. The predicted octanol–water partition coefficient (Wildman–Crippen LogP) is 15.3. The van der Waals surface area contributed by atoms with Crippen molar-refractivity contribution in [2.24, 2.45) is 4.99 Å². The van der Waals surface area contributed by atoms with Crippen molar-refractivity contribution in [1.29, 1.82) is 0 Å². The molecule has 1 unspecified atom stereocenters. The van der Waals surface area contributed by atoms with Crippen molar-refractivity contribution in [2.75, 3.05) is 5.32 Å². The van der Waals surface area contributed by atoms with Crippen LogP contribution < -0.4 is 5.32 Å². The molecule has 1 atom stereocenters. The van der Waals surface area contributed by atoms with Gasteiger partial charge in [-0.3, -0.25) is 4.99 Å². The van der Waals surface area contributed by atoms with Crippen LogP contribution >= 0.6 is 11.3 Å². The zero-order valence-corrected chi connectivity index (χ0v) is 33.7. The molecule has 4 nitrogen and oxygen atoms in total. The first kappa shape index (κ1) is 34.2. The Morgan fingerprint density at radius 3 is 1.98 bits per heavy atom. The third-order valence-corrected chi connectivity index (χ3v) is 13.6. The van der Waals surface area contributed by atoms with E-state index in [2.05, 4.69) is 210 Å². The summed E-state index contributed by atoms with van der Waals surface area (Å²) in [5, 5.41) is 12.2. The molecular formula is C56H35N3OS. The Balaban J connectivity index is 1.01. The van der Waals surface area contributed by atoms with Gasteiger partial charge in [-0.05, 0) is 70.1 Å². The molecule has 1 aliphatic rings. The van der Waals surface area contributed by atoms with Gasteiger partial charge in [0.2, 0.25) is 0 Å². The van der Waals surface area contributed by atoms with Gasteiger partial charge in [-0.25, -0.2) is 0 Å². The summed E-state index contributed by atoms with van der Waals surface area (Å²) >= 11 is 1.80. The Morgan fingerprint density at radius 2 is 1.16 bits per heavy atom. The summed E-state index contributed by atoms with van der Waals surface area (Å²) < 4.78 is 10.4. The summed E-state index contributed by atoms with van der Waals surface area (Å²) in [5.41, 5.74) is 14.3. The fraction of sp³-hybridized carbons (Fsp3) is 0.0179. The van der Waals surface area contributed by atoms with Gasteiger partial charge in [-0.1, -0.05) is 158 Å². The highest BCUT2D eigenvalue weighted by Gasteiger charge is 2.29. The van der Waals surface area contributed by atoms with E-state index in [9.17, 15) is 0 Å². The molecule has 0 fully saturated rings. The number of aliphatic imine (C=N–C) groups is 1. The minimum Gasteiger partial charge on any atom is -0.456 e. The van der Waals surface area contributed by atoms with Crippen LogP contribution in [0.25, 0.3) is 92.5 Å². The van der Waals surface area contributed by atoms with Crippen LogP contribution in [-0.2, 0) is 0 Å². The van der Waals surface area contributed by atoms with Gasteiger partial charge in [0, 0.05) is 53.8 Å². The molecule has 0 radical (unpaired) electrons. The van der Waals surface area contributed by atoms with Crippen molar-refractivity contribution in [3.63, 3.8) is 0 Å². The first-order chi connectivity index (χ1) is 30.2. The van der Waals surface area contributed by atoms with Crippen LogP contribution in [0.4, 0.5) is 5.69 Å². The molecule has 0 saturated heterocycles. The third-order valence-electron chi connectivity index (χ3n) is 12.4. The van der Waals surface area contributed by atoms with Gasteiger partial charge in [0.25, 0.3) is 0 Å². The van der Waals surface area contributed by atoms with Crippen LogP contribution in [0.5, 0.6) is 0 Å². The second-order valence-corrected chi connectivity index (χ2v) is 16.9. The van der Waals surface area contributed by atoms with Crippen molar-refractivity contribution in [3.05, 3.63) is 216 Å². The zero-order chi connectivity index (χ0) is 40.0. The van der Waals surface area contributed by atoms with E-state index >= 15 is 0 Å². The Bertz CT molecular complexity index is 3730. The average molecular weight is 798 g/mol. The number of nitrogens with one attached hydrogen (secondary N) is 1. The first-order valence-electron chi connectivity index (χ1n) is 20.7. The number of nitrogens with zero attached hydrogens (tertiary/aromatic N) is 2. The molecule has 1 aliphatic heterocycles. The highest BCUT2D eigenvalue weighted by atomic mass is 32.1. The van der Waals surface area contributed by atoms with Gasteiger partial charge >= 0.3 is 0 Å². The minimum atomic E-state index is -0.351. The molecule has 61 heavy (non-hydrogen) atoms. The van der Waals surface area contributed by atoms with E-state index in [0.29, 0.717) is 0 Å². The van der Waals surface area contributed by atoms with E-state index in [1.54, 1.807) is 11.3 Å². The number of hydrogen-bond donors (Lipinski definition) is 1. The van der Waals surface area contributed by atoms with Crippen molar-refractivity contribution in [3.8, 4) is 27.9 Å². The molecule has 0 aliphatic carbocycles. The highest BCUT2D eigenvalue weighted by molar-refractivity contribution is 7.22.